The van der Waals surface area contributed by atoms with Gasteiger partial charge in [0.05, 0.1) is 6.54 Å². The summed E-state index contributed by atoms with van der Waals surface area (Å²) in [6.45, 7) is 4.94. The highest BCUT2D eigenvalue weighted by Gasteiger charge is 2.12. The lowest BCUT2D eigenvalue weighted by Crippen LogP contribution is -2.35. The first-order chi connectivity index (χ1) is 7.27. The van der Waals surface area contributed by atoms with Crippen LogP contribution < -0.4 is 5.73 Å². The molecule has 1 aromatic rings. The summed E-state index contributed by atoms with van der Waals surface area (Å²) in [5, 5.41) is 0. The van der Waals surface area contributed by atoms with Gasteiger partial charge < -0.3 is 10.6 Å². The van der Waals surface area contributed by atoms with Crippen LogP contribution in [0.2, 0.25) is 0 Å². The van der Waals surface area contributed by atoms with Crippen LogP contribution in [0.3, 0.4) is 0 Å². The molecule has 0 unspecified atom stereocenters. The number of hydrogen-bond donors (Lipinski definition) is 1. The predicted octanol–water partition coefficient (Wildman–Crippen LogP) is 1.17. The lowest BCUT2D eigenvalue weighted by atomic mass is 10.1. The van der Waals surface area contributed by atoms with E-state index in [1.807, 2.05) is 0 Å². The van der Waals surface area contributed by atoms with Crippen LogP contribution in [0, 0.1) is 6.92 Å². The smallest absolute Gasteiger partial charge is 0.191 e. The van der Waals surface area contributed by atoms with E-state index in [0.717, 1.165) is 26.1 Å². The topological polar surface area (TPSA) is 41.6 Å². The normalized spacial score (nSPS) is 15.5. The minimum Gasteiger partial charge on any atom is -0.370 e. The zero-order valence-electron chi connectivity index (χ0n) is 9.11. The highest BCUT2D eigenvalue weighted by molar-refractivity contribution is 5.79. The summed E-state index contributed by atoms with van der Waals surface area (Å²) >= 11 is 0. The van der Waals surface area contributed by atoms with Gasteiger partial charge in [-0.15, -0.1) is 0 Å². The molecule has 2 N–H and O–H groups in total. The van der Waals surface area contributed by atoms with E-state index in [4.69, 9.17) is 5.73 Å². The van der Waals surface area contributed by atoms with Gasteiger partial charge in [-0.2, -0.15) is 0 Å². The SMILES string of the molecule is Cc1ccccc1CCN1CCN=C1N. The Balaban J connectivity index is 1.94. The van der Waals surface area contributed by atoms with Crippen LogP contribution in [0.15, 0.2) is 29.3 Å². The van der Waals surface area contributed by atoms with Crippen molar-refractivity contribution < 1.29 is 0 Å². The van der Waals surface area contributed by atoms with Gasteiger partial charge in [0.15, 0.2) is 5.96 Å². The van der Waals surface area contributed by atoms with Crippen LogP contribution in [0.4, 0.5) is 0 Å². The molecular weight excluding hydrogens is 186 g/mol. The van der Waals surface area contributed by atoms with E-state index < -0.39 is 0 Å². The second kappa shape index (κ2) is 4.34. The summed E-state index contributed by atoms with van der Waals surface area (Å²) in [5.41, 5.74) is 8.51. The number of hydrogen-bond acceptors (Lipinski definition) is 3. The fourth-order valence-corrected chi connectivity index (χ4v) is 1.87. The number of nitrogens with two attached hydrogens (primary N) is 1. The summed E-state index contributed by atoms with van der Waals surface area (Å²) < 4.78 is 0. The number of aliphatic imine (C=N–C) groups is 1. The van der Waals surface area contributed by atoms with Crippen molar-refractivity contribution in [3.05, 3.63) is 35.4 Å². The summed E-state index contributed by atoms with van der Waals surface area (Å²) in [7, 11) is 0. The molecule has 1 heterocycles. The van der Waals surface area contributed by atoms with Crippen molar-refractivity contribution in [3.63, 3.8) is 0 Å². The van der Waals surface area contributed by atoms with E-state index in [9.17, 15) is 0 Å². The van der Waals surface area contributed by atoms with Gasteiger partial charge in [-0.05, 0) is 24.5 Å². The Hall–Kier alpha value is -1.51. The molecule has 0 aliphatic carbocycles. The molecule has 0 spiro atoms. The molecule has 80 valence electrons. The molecule has 0 saturated heterocycles. The number of aryl methyl sites for hydroxylation is 1. The van der Waals surface area contributed by atoms with E-state index in [1.165, 1.54) is 11.1 Å². The van der Waals surface area contributed by atoms with E-state index >= 15 is 0 Å². The first-order valence-electron chi connectivity index (χ1n) is 5.37. The van der Waals surface area contributed by atoms with Gasteiger partial charge in [0, 0.05) is 13.1 Å². The monoisotopic (exact) mass is 203 g/mol. The van der Waals surface area contributed by atoms with Crippen LogP contribution in [0.1, 0.15) is 11.1 Å². The summed E-state index contributed by atoms with van der Waals surface area (Å²) in [6, 6.07) is 8.49. The second-order valence-corrected chi connectivity index (χ2v) is 3.90. The minimum absolute atomic E-state index is 0.698. The Kier molecular flexibility index (Phi) is 2.90. The molecule has 2 rings (SSSR count). The molecular formula is C12H17N3. The van der Waals surface area contributed by atoms with Crippen LogP contribution in [0.25, 0.3) is 0 Å². The molecule has 0 fully saturated rings. The average molecular weight is 203 g/mol. The van der Waals surface area contributed by atoms with Crippen LogP contribution in [-0.2, 0) is 6.42 Å². The van der Waals surface area contributed by atoms with Crippen LogP contribution in [-0.4, -0.2) is 30.5 Å². The van der Waals surface area contributed by atoms with Crippen LogP contribution >= 0.6 is 0 Å². The quantitative estimate of drug-likeness (QED) is 0.801. The maximum atomic E-state index is 5.76. The van der Waals surface area contributed by atoms with Crippen molar-refractivity contribution in [2.45, 2.75) is 13.3 Å². The fourth-order valence-electron chi connectivity index (χ4n) is 1.87. The standard InChI is InChI=1S/C12H17N3/c1-10-4-2-3-5-11(10)6-8-15-9-7-14-12(15)13/h2-5H,6-9H2,1H3,(H2,13,14). The third kappa shape index (κ3) is 2.29. The summed E-state index contributed by atoms with van der Waals surface area (Å²) in [5.74, 6) is 0.698. The number of nitrogens with zero attached hydrogens (tertiary/aromatic N) is 2. The van der Waals surface area contributed by atoms with Gasteiger partial charge in [-0.1, -0.05) is 24.3 Å². The lowest BCUT2D eigenvalue weighted by molar-refractivity contribution is 0.457. The molecule has 1 aliphatic heterocycles. The Labute approximate surface area is 90.6 Å². The van der Waals surface area contributed by atoms with Crippen molar-refractivity contribution >= 4 is 5.96 Å². The molecule has 0 saturated carbocycles. The molecule has 3 nitrogen and oxygen atoms in total. The summed E-state index contributed by atoms with van der Waals surface area (Å²) in [6.07, 6.45) is 1.04. The average Bonchev–Trinajstić information content (AvgIpc) is 2.63. The van der Waals surface area contributed by atoms with Crippen molar-refractivity contribution in [2.24, 2.45) is 10.7 Å². The van der Waals surface area contributed by atoms with Gasteiger partial charge >= 0.3 is 0 Å². The zero-order chi connectivity index (χ0) is 10.7. The molecule has 15 heavy (non-hydrogen) atoms. The van der Waals surface area contributed by atoms with E-state index in [0.29, 0.717) is 5.96 Å². The highest BCUT2D eigenvalue weighted by Crippen LogP contribution is 2.09. The lowest BCUT2D eigenvalue weighted by Gasteiger charge is -2.17. The Morgan fingerprint density at radius 1 is 1.40 bits per heavy atom. The molecule has 0 aromatic heterocycles. The Morgan fingerprint density at radius 3 is 2.87 bits per heavy atom. The second-order valence-electron chi connectivity index (χ2n) is 3.90. The Bertz CT molecular complexity index is 371. The van der Waals surface area contributed by atoms with Crippen molar-refractivity contribution in [3.8, 4) is 0 Å². The zero-order valence-corrected chi connectivity index (χ0v) is 9.11. The Morgan fingerprint density at radius 2 is 2.20 bits per heavy atom. The van der Waals surface area contributed by atoms with Gasteiger partial charge in [0.1, 0.15) is 0 Å². The fraction of sp³-hybridized carbons (Fsp3) is 0.417. The minimum atomic E-state index is 0.698. The van der Waals surface area contributed by atoms with Crippen molar-refractivity contribution in [1.29, 1.82) is 0 Å². The van der Waals surface area contributed by atoms with Gasteiger partial charge in [-0.25, -0.2) is 0 Å². The predicted molar refractivity (Wildman–Crippen MR) is 62.9 cm³/mol. The maximum Gasteiger partial charge on any atom is 0.191 e. The third-order valence-electron chi connectivity index (χ3n) is 2.88. The summed E-state index contributed by atoms with van der Waals surface area (Å²) in [4.78, 5) is 6.32. The largest absolute Gasteiger partial charge is 0.370 e. The third-order valence-corrected chi connectivity index (χ3v) is 2.88. The van der Waals surface area contributed by atoms with Gasteiger partial charge in [0.2, 0.25) is 0 Å². The van der Waals surface area contributed by atoms with E-state index in [-0.39, 0.29) is 0 Å². The first-order valence-corrected chi connectivity index (χ1v) is 5.37. The van der Waals surface area contributed by atoms with E-state index in [2.05, 4.69) is 41.1 Å². The van der Waals surface area contributed by atoms with Gasteiger partial charge in [-0.3, -0.25) is 4.99 Å². The highest BCUT2D eigenvalue weighted by atomic mass is 15.3. The molecule has 1 aliphatic rings. The number of benzene rings is 1. The van der Waals surface area contributed by atoms with Crippen molar-refractivity contribution in [2.75, 3.05) is 19.6 Å². The maximum absolute atomic E-state index is 5.76. The molecule has 3 heteroatoms. The number of guanidine groups is 1. The van der Waals surface area contributed by atoms with E-state index in [1.54, 1.807) is 0 Å². The molecule has 0 amide bonds. The van der Waals surface area contributed by atoms with Crippen molar-refractivity contribution in [1.82, 2.24) is 4.90 Å². The molecule has 0 atom stereocenters. The van der Waals surface area contributed by atoms with Gasteiger partial charge in [0.25, 0.3) is 0 Å². The molecule has 0 bridgehead atoms. The van der Waals surface area contributed by atoms with Crippen LogP contribution in [0.5, 0.6) is 0 Å². The molecule has 1 aromatic carbocycles. The molecule has 0 radical (unpaired) electrons. The number of rotatable bonds is 3. The first kappa shape index (κ1) is 10.0.